The van der Waals surface area contributed by atoms with Crippen molar-refractivity contribution in [1.82, 2.24) is 15.0 Å². The van der Waals surface area contributed by atoms with Crippen LogP contribution >= 0.6 is 0 Å². The molecule has 0 bridgehead atoms. The molecule has 1 aromatic heterocycles. The highest BCUT2D eigenvalue weighted by atomic mass is 16.5. The topological polar surface area (TPSA) is 57.0 Å². The number of hydrogen-bond acceptors (Lipinski definition) is 4. The van der Waals surface area contributed by atoms with Gasteiger partial charge in [0.15, 0.2) is 0 Å². The minimum Gasteiger partial charge on any atom is -0.469 e. The summed E-state index contributed by atoms with van der Waals surface area (Å²) in [6, 6.07) is 10.9. The van der Waals surface area contributed by atoms with Crippen molar-refractivity contribution < 1.29 is 9.53 Å². The molecule has 0 amide bonds. The summed E-state index contributed by atoms with van der Waals surface area (Å²) in [6.45, 7) is 6.42. The Morgan fingerprint density at radius 1 is 1.24 bits per heavy atom. The van der Waals surface area contributed by atoms with E-state index in [1.165, 1.54) is 23.8 Å². The van der Waals surface area contributed by atoms with Crippen molar-refractivity contribution in [3.63, 3.8) is 0 Å². The number of nitrogens with zero attached hydrogens (tertiary/aromatic N) is 3. The maximum absolute atomic E-state index is 13.1. The minimum absolute atomic E-state index is 0.0546. The second-order valence-electron chi connectivity index (χ2n) is 8.33. The number of aryl methyl sites for hydroxylation is 4. The smallest absolute Gasteiger partial charge is 0.312 e. The van der Waals surface area contributed by atoms with Crippen LogP contribution in [0.2, 0.25) is 0 Å². The van der Waals surface area contributed by atoms with Gasteiger partial charge in [0.2, 0.25) is 0 Å². The van der Waals surface area contributed by atoms with E-state index in [2.05, 4.69) is 61.4 Å². The van der Waals surface area contributed by atoms with Gasteiger partial charge in [0, 0.05) is 13.0 Å². The molecule has 1 aliphatic carbocycles. The monoisotopic (exact) mass is 391 g/mol. The second kappa shape index (κ2) is 7.29. The maximum Gasteiger partial charge on any atom is 0.312 e. The fourth-order valence-electron chi connectivity index (χ4n) is 4.98. The van der Waals surface area contributed by atoms with E-state index >= 15 is 0 Å². The highest BCUT2D eigenvalue weighted by molar-refractivity contribution is 5.83. The zero-order chi connectivity index (χ0) is 20.8. The van der Waals surface area contributed by atoms with Gasteiger partial charge in [-0.15, -0.1) is 5.10 Å². The molecule has 4 rings (SSSR count). The fraction of sp³-hybridized carbons (Fsp3) is 0.458. The number of aromatic nitrogens is 3. The van der Waals surface area contributed by atoms with Gasteiger partial charge in [-0.05, 0) is 67.0 Å². The quantitative estimate of drug-likeness (QED) is 0.596. The molecule has 5 nitrogen and oxygen atoms in total. The van der Waals surface area contributed by atoms with Gasteiger partial charge >= 0.3 is 5.97 Å². The summed E-state index contributed by atoms with van der Waals surface area (Å²) in [5, 5.41) is 8.58. The van der Waals surface area contributed by atoms with Crippen LogP contribution in [0.4, 0.5) is 0 Å². The third-order valence-corrected chi connectivity index (χ3v) is 6.87. The molecule has 29 heavy (non-hydrogen) atoms. The lowest BCUT2D eigenvalue weighted by Crippen LogP contribution is -2.44. The van der Waals surface area contributed by atoms with Crippen molar-refractivity contribution in [3.8, 4) is 0 Å². The fourth-order valence-corrected chi connectivity index (χ4v) is 4.98. The average Bonchev–Trinajstić information content (AvgIpc) is 3.07. The summed E-state index contributed by atoms with van der Waals surface area (Å²) in [5.74, 6) is -0.160. The maximum atomic E-state index is 13.1. The number of ether oxygens (including phenoxy) is 1. The summed E-state index contributed by atoms with van der Waals surface area (Å²) in [4.78, 5) is 13.1. The van der Waals surface area contributed by atoms with E-state index in [4.69, 9.17) is 4.74 Å². The first-order valence-electron chi connectivity index (χ1n) is 10.4. The summed E-state index contributed by atoms with van der Waals surface area (Å²) < 4.78 is 7.12. The molecule has 1 saturated carbocycles. The summed E-state index contributed by atoms with van der Waals surface area (Å²) >= 11 is 0. The Kier molecular flexibility index (Phi) is 4.93. The highest BCUT2D eigenvalue weighted by Gasteiger charge is 2.52. The summed E-state index contributed by atoms with van der Waals surface area (Å²) in [6.07, 6.45) is 3.71. The molecule has 3 aromatic rings. The molecule has 1 aliphatic rings. The number of carbonyl (C=O) groups is 1. The average molecular weight is 392 g/mol. The van der Waals surface area contributed by atoms with Gasteiger partial charge in [0.1, 0.15) is 5.52 Å². The third kappa shape index (κ3) is 2.95. The lowest BCUT2D eigenvalue weighted by atomic mass is 9.57. The lowest BCUT2D eigenvalue weighted by molar-refractivity contribution is -0.159. The van der Waals surface area contributed by atoms with Crippen molar-refractivity contribution in [2.24, 2.45) is 12.5 Å². The lowest BCUT2D eigenvalue weighted by Gasteiger charge is -2.46. The highest BCUT2D eigenvalue weighted by Crippen LogP contribution is 2.56. The predicted octanol–water partition coefficient (Wildman–Crippen LogP) is 4.62. The van der Waals surface area contributed by atoms with Crippen molar-refractivity contribution in [1.29, 1.82) is 0 Å². The molecule has 0 N–H and O–H groups in total. The van der Waals surface area contributed by atoms with Crippen LogP contribution in [0.5, 0.6) is 0 Å². The van der Waals surface area contributed by atoms with Gasteiger partial charge in [0.25, 0.3) is 0 Å². The first-order valence-corrected chi connectivity index (χ1v) is 10.4. The van der Waals surface area contributed by atoms with Gasteiger partial charge in [-0.25, -0.2) is 4.68 Å². The minimum atomic E-state index is -0.518. The molecule has 1 fully saturated rings. The van der Waals surface area contributed by atoms with E-state index in [0.29, 0.717) is 0 Å². The first-order chi connectivity index (χ1) is 13.9. The molecule has 2 aromatic carbocycles. The van der Waals surface area contributed by atoms with E-state index < -0.39 is 5.41 Å². The number of methoxy groups -OCH3 is 1. The van der Waals surface area contributed by atoms with Crippen molar-refractivity contribution >= 4 is 17.0 Å². The predicted molar refractivity (Wildman–Crippen MR) is 114 cm³/mol. The molecular formula is C24H29N3O2. The van der Waals surface area contributed by atoms with Crippen LogP contribution in [0.1, 0.15) is 59.9 Å². The molecule has 5 heteroatoms. The zero-order valence-electron chi connectivity index (χ0n) is 18.0. The molecule has 1 heterocycles. The van der Waals surface area contributed by atoms with Crippen LogP contribution in [0.25, 0.3) is 11.0 Å². The first kappa shape index (κ1) is 19.6. The van der Waals surface area contributed by atoms with Gasteiger partial charge in [-0.3, -0.25) is 4.79 Å². The molecule has 0 spiro atoms. The molecule has 0 aliphatic heterocycles. The standard InChI is InChI=1S/C24H29N3O2/c1-6-17-14-18(9-8-15(17)2)21(24(12-7-13-24)23(28)29-5)19-10-11-20-22(16(19)3)25-26-27(20)4/h8-11,14,21H,6-7,12-13H2,1-5H3. The summed E-state index contributed by atoms with van der Waals surface area (Å²) in [7, 11) is 3.41. The van der Waals surface area contributed by atoms with Crippen LogP contribution < -0.4 is 0 Å². The molecule has 152 valence electrons. The Morgan fingerprint density at radius 2 is 2.00 bits per heavy atom. The van der Waals surface area contributed by atoms with E-state index in [0.717, 1.165) is 47.8 Å². The SMILES string of the molecule is CCc1cc(C(c2ccc3c(nnn3C)c2C)C2(C(=O)OC)CCC2)ccc1C. The van der Waals surface area contributed by atoms with E-state index in [9.17, 15) is 4.79 Å². The van der Waals surface area contributed by atoms with Crippen LogP contribution in [0, 0.1) is 19.3 Å². The molecule has 1 unspecified atom stereocenters. The normalized spacial score (nSPS) is 16.4. The third-order valence-electron chi connectivity index (χ3n) is 6.87. The zero-order valence-corrected chi connectivity index (χ0v) is 18.0. The van der Waals surface area contributed by atoms with Gasteiger partial charge < -0.3 is 4.74 Å². The van der Waals surface area contributed by atoms with Crippen LogP contribution in [0.3, 0.4) is 0 Å². The van der Waals surface area contributed by atoms with Crippen molar-refractivity contribution in [3.05, 3.63) is 58.1 Å². The number of esters is 1. The van der Waals surface area contributed by atoms with Crippen molar-refractivity contribution in [2.75, 3.05) is 7.11 Å². The Hall–Kier alpha value is -2.69. The van der Waals surface area contributed by atoms with Crippen molar-refractivity contribution in [2.45, 2.75) is 52.4 Å². The largest absolute Gasteiger partial charge is 0.469 e. The van der Waals surface area contributed by atoms with Gasteiger partial charge in [0.05, 0.1) is 18.0 Å². The Bertz CT molecular complexity index is 1080. The van der Waals surface area contributed by atoms with E-state index in [1.54, 1.807) is 4.68 Å². The number of fused-ring (bicyclic) bond motifs is 1. The Balaban J connectivity index is 1.97. The van der Waals surface area contributed by atoms with Gasteiger partial charge in [-0.2, -0.15) is 0 Å². The Labute approximate surface area is 172 Å². The number of rotatable bonds is 5. The molecule has 0 saturated heterocycles. The van der Waals surface area contributed by atoms with Gasteiger partial charge in [-0.1, -0.05) is 42.8 Å². The molecule has 0 radical (unpaired) electrons. The van der Waals surface area contributed by atoms with Crippen LogP contribution in [-0.2, 0) is 23.0 Å². The Morgan fingerprint density at radius 3 is 2.62 bits per heavy atom. The van der Waals surface area contributed by atoms with E-state index in [1.807, 2.05) is 7.05 Å². The van der Waals surface area contributed by atoms with Crippen LogP contribution in [0.15, 0.2) is 30.3 Å². The second-order valence-corrected chi connectivity index (χ2v) is 8.33. The molecule has 1 atom stereocenters. The number of benzene rings is 2. The molecular weight excluding hydrogens is 362 g/mol. The number of hydrogen-bond donors (Lipinski definition) is 0. The van der Waals surface area contributed by atoms with E-state index in [-0.39, 0.29) is 11.9 Å². The number of carbonyl (C=O) groups excluding carboxylic acids is 1. The van der Waals surface area contributed by atoms with Crippen LogP contribution in [-0.4, -0.2) is 28.1 Å². The summed E-state index contributed by atoms with van der Waals surface area (Å²) in [5.41, 5.74) is 7.42.